The summed E-state index contributed by atoms with van der Waals surface area (Å²) in [5.41, 5.74) is 0.376. The fourth-order valence-electron chi connectivity index (χ4n) is 2.38. The Morgan fingerprint density at radius 1 is 1.15 bits per heavy atom. The average molecular weight is 398 g/mol. The van der Waals surface area contributed by atoms with Crippen LogP contribution in [0, 0.1) is 0 Å². The van der Waals surface area contributed by atoms with Crippen LogP contribution in [0.1, 0.15) is 5.76 Å². The largest absolute Gasteiger partial charge is 0.493 e. The molecule has 0 aliphatic carbocycles. The standard InChI is InChI=1S/C17H22N2O7S/c1-23-14-8-12(9-15(24-2)17(14)25-3)18-16(20)11-19(27(4,21)22)10-13-6-5-7-26-13/h5-9H,10-11H2,1-4H3,(H,18,20). The molecule has 148 valence electrons. The summed E-state index contributed by atoms with van der Waals surface area (Å²) in [6.45, 7) is -0.426. The van der Waals surface area contributed by atoms with E-state index in [1.807, 2.05) is 0 Å². The predicted molar refractivity (Wildman–Crippen MR) is 98.7 cm³/mol. The lowest BCUT2D eigenvalue weighted by Crippen LogP contribution is -2.36. The third kappa shape index (κ3) is 5.38. The van der Waals surface area contributed by atoms with E-state index in [0.717, 1.165) is 10.6 Å². The Labute approximate surface area is 157 Å². The minimum Gasteiger partial charge on any atom is -0.493 e. The molecule has 2 rings (SSSR count). The maximum atomic E-state index is 12.4. The van der Waals surface area contributed by atoms with Crippen molar-refractivity contribution in [2.45, 2.75) is 6.54 Å². The van der Waals surface area contributed by atoms with E-state index < -0.39 is 15.9 Å². The van der Waals surface area contributed by atoms with Crippen LogP contribution in [0.3, 0.4) is 0 Å². The van der Waals surface area contributed by atoms with E-state index in [1.165, 1.54) is 27.6 Å². The van der Waals surface area contributed by atoms with Gasteiger partial charge in [0, 0.05) is 17.8 Å². The second kappa shape index (κ2) is 8.78. The van der Waals surface area contributed by atoms with Gasteiger partial charge in [-0.05, 0) is 12.1 Å². The van der Waals surface area contributed by atoms with Gasteiger partial charge >= 0.3 is 0 Å². The van der Waals surface area contributed by atoms with Crippen LogP contribution in [0.5, 0.6) is 17.2 Å². The summed E-state index contributed by atoms with van der Waals surface area (Å²) in [6.07, 6.45) is 2.47. The molecule has 1 aromatic carbocycles. The lowest BCUT2D eigenvalue weighted by Gasteiger charge is -2.19. The fourth-order valence-corrected chi connectivity index (χ4v) is 3.09. The van der Waals surface area contributed by atoms with E-state index in [0.29, 0.717) is 28.7 Å². The van der Waals surface area contributed by atoms with Gasteiger partial charge in [0.15, 0.2) is 11.5 Å². The van der Waals surface area contributed by atoms with E-state index in [9.17, 15) is 13.2 Å². The van der Waals surface area contributed by atoms with Crippen molar-refractivity contribution in [1.82, 2.24) is 4.31 Å². The summed E-state index contributed by atoms with van der Waals surface area (Å²) in [4.78, 5) is 12.4. The van der Waals surface area contributed by atoms with Gasteiger partial charge in [0.2, 0.25) is 21.7 Å². The zero-order valence-corrected chi connectivity index (χ0v) is 16.3. The van der Waals surface area contributed by atoms with Gasteiger partial charge in [-0.1, -0.05) is 0 Å². The molecule has 1 aromatic heterocycles. The summed E-state index contributed by atoms with van der Waals surface area (Å²) in [5, 5.41) is 2.63. The van der Waals surface area contributed by atoms with E-state index >= 15 is 0 Å². The van der Waals surface area contributed by atoms with Crippen LogP contribution in [0.15, 0.2) is 34.9 Å². The number of hydrogen-bond acceptors (Lipinski definition) is 7. The lowest BCUT2D eigenvalue weighted by atomic mass is 10.2. The molecule has 0 unspecified atom stereocenters. The van der Waals surface area contributed by atoms with Crippen molar-refractivity contribution in [2.75, 3.05) is 39.4 Å². The van der Waals surface area contributed by atoms with Gasteiger partial charge in [-0.25, -0.2) is 8.42 Å². The number of nitrogens with one attached hydrogen (secondary N) is 1. The minimum absolute atomic E-state index is 0.0471. The minimum atomic E-state index is -3.62. The van der Waals surface area contributed by atoms with Gasteiger partial charge in [0.05, 0.1) is 46.9 Å². The molecule has 27 heavy (non-hydrogen) atoms. The molecule has 1 amide bonds. The van der Waals surface area contributed by atoms with Crippen molar-refractivity contribution in [1.29, 1.82) is 0 Å². The number of hydrogen-bond donors (Lipinski definition) is 1. The van der Waals surface area contributed by atoms with Gasteiger partial charge < -0.3 is 23.9 Å². The van der Waals surface area contributed by atoms with Gasteiger partial charge in [0.25, 0.3) is 0 Å². The number of carbonyl (C=O) groups excluding carboxylic acids is 1. The van der Waals surface area contributed by atoms with Crippen LogP contribution in [0.4, 0.5) is 5.69 Å². The van der Waals surface area contributed by atoms with E-state index in [2.05, 4.69) is 5.32 Å². The highest BCUT2D eigenvalue weighted by Crippen LogP contribution is 2.39. The number of amides is 1. The molecule has 2 aromatic rings. The van der Waals surface area contributed by atoms with Gasteiger partial charge in [-0.15, -0.1) is 0 Å². The van der Waals surface area contributed by atoms with E-state index in [4.69, 9.17) is 18.6 Å². The summed E-state index contributed by atoms with van der Waals surface area (Å²) in [6, 6.07) is 6.38. The Hall–Kier alpha value is -2.72. The summed E-state index contributed by atoms with van der Waals surface area (Å²) in [5.74, 6) is 1.02. The second-order valence-electron chi connectivity index (χ2n) is 5.57. The monoisotopic (exact) mass is 398 g/mol. The molecule has 0 aliphatic rings. The molecule has 0 spiro atoms. The first kappa shape index (κ1) is 20.6. The van der Waals surface area contributed by atoms with E-state index in [1.54, 1.807) is 24.3 Å². The highest BCUT2D eigenvalue weighted by atomic mass is 32.2. The number of rotatable bonds is 9. The zero-order chi connectivity index (χ0) is 20.0. The van der Waals surface area contributed by atoms with Gasteiger partial charge in [-0.2, -0.15) is 4.31 Å². The van der Waals surface area contributed by atoms with Crippen LogP contribution in [0.2, 0.25) is 0 Å². The zero-order valence-electron chi connectivity index (χ0n) is 15.5. The Morgan fingerprint density at radius 3 is 2.22 bits per heavy atom. The normalized spacial score (nSPS) is 11.3. The van der Waals surface area contributed by atoms with Crippen LogP contribution < -0.4 is 19.5 Å². The Morgan fingerprint density at radius 2 is 1.78 bits per heavy atom. The van der Waals surface area contributed by atoms with Crippen LogP contribution in [0.25, 0.3) is 0 Å². The van der Waals surface area contributed by atoms with Crippen molar-refractivity contribution < 1.29 is 31.8 Å². The Kier molecular flexibility index (Phi) is 6.70. The van der Waals surface area contributed by atoms with Crippen molar-refractivity contribution in [3.63, 3.8) is 0 Å². The molecule has 9 nitrogen and oxygen atoms in total. The first-order valence-corrected chi connectivity index (χ1v) is 9.70. The molecule has 0 atom stereocenters. The lowest BCUT2D eigenvalue weighted by molar-refractivity contribution is -0.116. The molecule has 1 heterocycles. The third-order valence-electron chi connectivity index (χ3n) is 3.65. The number of methoxy groups -OCH3 is 3. The topological polar surface area (TPSA) is 107 Å². The van der Waals surface area contributed by atoms with Crippen molar-refractivity contribution in [3.8, 4) is 17.2 Å². The number of ether oxygens (including phenoxy) is 3. The quantitative estimate of drug-likeness (QED) is 0.685. The van der Waals surface area contributed by atoms with Crippen molar-refractivity contribution in [2.24, 2.45) is 0 Å². The first-order chi connectivity index (χ1) is 12.8. The molecule has 0 fully saturated rings. The highest BCUT2D eigenvalue weighted by Gasteiger charge is 2.22. The Balaban J connectivity index is 2.17. The number of furan rings is 1. The molecular weight excluding hydrogens is 376 g/mol. The highest BCUT2D eigenvalue weighted by molar-refractivity contribution is 7.88. The number of sulfonamides is 1. The molecule has 10 heteroatoms. The first-order valence-electron chi connectivity index (χ1n) is 7.85. The second-order valence-corrected chi connectivity index (χ2v) is 7.56. The predicted octanol–water partition coefficient (Wildman–Crippen LogP) is 1.71. The summed E-state index contributed by atoms with van der Waals surface area (Å²) >= 11 is 0. The maximum absolute atomic E-state index is 12.4. The van der Waals surface area contributed by atoms with Crippen LogP contribution in [-0.2, 0) is 21.4 Å². The number of carbonyl (C=O) groups is 1. The van der Waals surface area contributed by atoms with Crippen molar-refractivity contribution >= 4 is 21.6 Å². The third-order valence-corrected chi connectivity index (χ3v) is 4.85. The van der Waals surface area contributed by atoms with Gasteiger partial charge in [0.1, 0.15) is 5.76 Å². The SMILES string of the molecule is COc1cc(NC(=O)CN(Cc2ccco2)S(C)(=O)=O)cc(OC)c1OC. The molecule has 0 saturated heterocycles. The maximum Gasteiger partial charge on any atom is 0.239 e. The Bertz CT molecular complexity index is 854. The van der Waals surface area contributed by atoms with Crippen LogP contribution in [-0.4, -0.2) is 52.8 Å². The fraction of sp³-hybridized carbons (Fsp3) is 0.353. The average Bonchev–Trinajstić information content (AvgIpc) is 3.12. The molecule has 0 radical (unpaired) electrons. The molecule has 1 N–H and O–H groups in total. The van der Waals surface area contributed by atoms with Crippen molar-refractivity contribution in [3.05, 3.63) is 36.3 Å². The smallest absolute Gasteiger partial charge is 0.239 e. The number of anilines is 1. The van der Waals surface area contributed by atoms with Crippen LogP contribution >= 0.6 is 0 Å². The molecular formula is C17H22N2O7S. The van der Waals surface area contributed by atoms with Gasteiger partial charge in [-0.3, -0.25) is 4.79 Å². The molecule has 0 bridgehead atoms. The number of nitrogens with zero attached hydrogens (tertiary/aromatic N) is 1. The summed E-state index contributed by atoms with van der Waals surface area (Å²) in [7, 11) is 0.760. The summed E-state index contributed by atoms with van der Waals surface area (Å²) < 4.78 is 45.8. The number of benzene rings is 1. The molecule has 0 aliphatic heterocycles. The molecule has 0 saturated carbocycles. The van der Waals surface area contributed by atoms with E-state index in [-0.39, 0.29) is 13.1 Å².